The summed E-state index contributed by atoms with van der Waals surface area (Å²) in [6.07, 6.45) is 1.37. The number of carbonyl (C=O) groups is 2. The Morgan fingerprint density at radius 2 is 1.83 bits per heavy atom. The first-order valence-corrected chi connectivity index (χ1v) is 8.49. The molecule has 0 aromatic heterocycles. The summed E-state index contributed by atoms with van der Waals surface area (Å²) in [4.78, 5) is 23.5. The molecule has 0 unspecified atom stereocenters. The van der Waals surface area contributed by atoms with Crippen molar-refractivity contribution in [3.05, 3.63) is 29.8 Å². The van der Waals surface area contributed by atoms with Crippen LogP contribution in [-0.2, 0) is 19.7 Å². The Bertz CT molecular complexity index is 570. The molecule has 1 saturated carbocycles. The van der Waals surface area contributed by atoms with Gasteiger partial charge in [-0.2, -0.15) is 0 Å². The van der Waals surface area contributed by atoms with E-state index in [0.717, 1.165) is 18.6 Å². The summed E-state index contributed by atoms with van der Waals surface area (Å²) in [5.41, 5.74) is 1.32. The van der Waals surface area contributed by atoms with Crippen LogP contribution in [0.1, 0.15) is 52.5 Å². The number of ether oxygens (including phenoxy) is 2. The van der Waals surface area contributed by atoms with E-state index in [0.29, 0.717) is 0 Å². The van der Waals surface area contributed by atoms with Gasteiger partial charge in [0, 0.05) is 6.04 Å². The molecule has 1 amide bonds. The van der Waals surface area contributed by atoms with E-state index in [1.807, 2.05) is 24.3 Å². The third kappa shape index (κ3) is 5.87. The average molecular weight is 333 g/mol. The lowest BCUT2D eigenvalue weighted by atomic mass is 9.87. The van der Waals surface area contributed by atoms with Crippen molar-refractivity contribution in [2.45, 2.75) is 64.5 Å². The third-order valence-electron chi connectivity index (χ3n) is 3.90. The van der Waals surface area contributed by atoms with Crippen LogP contribution in [0.5, 0.6) is 5.75 Å². The number of rotatable bonds is 7. The van der Waals surface area contributed by atoms with Gasteiger partial charge in [-0.1, -0.05) is 32.9 Å². The first kappa shape index (κ1) is 18.3. The Morgan fingerprint density at radius 1 is 1.21 bits per heavy atom. The first-order valence-electron chi connectivity index (χ1n) is 8.49. The van der Waals surface area contributed by atoms with E-state index >= 15 is 0 Å². The van der Waals surface area contributed by atoms with Crippen LogP contribution in [0, 0.1) is 0 Å². The molecular formula is C19H27NO4. The molecule has 5 heteroatoms. The van der Waals surface area contributed by atoms with Crippen molar-refractivity contribution in [2.24, 2.45) is 0 Å². The van der Waals surface area contributed by atoms with Crippen molar-refractivity contribution >= 4 is 11.9 Å². The SMILES string of the molecule is C[C@H](OC(=O)CCOc1ccc(C(C)(C)C)cc1)C(=O)NC1CC1. The average Bonchev–Trinajstić information content (AvgIpc) is 3.30. The van der Waals surface area contributed by atoms with Crippen LogP contribution in [0.25, 0.3) is 0 Å². The molecule has 1 atom stereocenters. The van der Waals surface area contributed by atoms with E-state index in [1.54, 1.807) is 6.92 Å². The highest BCUT2D eigenvalue weighted by Gasteiger charge is 2.27. The van der Waals surface area contributed by atoms with Crippen LogP contribution in [-0.4, -0.2) is 30.6 Å². The Hall–Kier alpha value is -2.04. The van der Waals surface area contributed by atoms with Crippen molar-refractivity contribution in [1.82, 2.24) is 5.32 Å². The van der Waals surface area contributed by atoms with Gasteiger partial charge in [0.2, 0.25) is 0 Å². The van der Waals surface area contributed by atoms with Gasteiger partial charge in [0.25, 0.3) is 5.91 Å². The normalized spacial score (nSPS) is 15.5. The minimum absolute atomic E-state index is 0.0967. The Kier molecular flexibility index (Phi) is 5.86. The standard InChI is InChI=1S/C19H27NO4/c1-13(18(22)20-15-7-8-15)24-17(21)11-12-23-16-9-5-14(6-10-16)19(2,3)4/h5-6,9-10,13,15H,7-8,11-12H2,1-4H3,(H,20,22)/t13-/m0/s1. The molecule has 0 aliphatic heterocycles. The molecule has 0 spiro atoms. The monoisotopic (exact) mass is 333 g/mol. The molecule has 132 valence electrons. The van der Waals surface area contributed by atoms with E-state index in [9.17, 15) is 9.59 Å². The number of hydrogen-bond acceptors (Lipinski definition) is 4. The van der Waals surface area contributed by atoms with Crippen molar-refractivity contribution in [3.63, 3.8) is 0 Å². The summed E-state index contributed by atoms with van der Waals surface area (Å²) in [5.74, 6) is 0.0552. The van der Waals surface area contributed by atoms with Gasteiger partial charge in [0.15, 0.2) is 6.10 Å². The minimum atomic E-state index is -0.760. The Labute approximate surface area is 143 Å². The quantitative estimate of drug-likeness (QED) is 0.779. The summed E-state index contributed by atoms with van der Waals surface area (Å²) in [7, 11) is 0. The fourth-order valence-corrected chi connectivity index (χ4v) is 2.16. The lowest BCUT2D eigenvalue weighted by Crippen LogP contribution is -2.37. The van der Waals surface area contributed by atoms with E-state index in [4.69, 9.17) is 9.47 Å². The molecular weight excluding hydrogens is 306 g/mol. The fraction of sp³-hybridized carbons (Fsp3) is 0.579. The van der Waals surface area contributed by atoms with Crippen LogP contribution in [0.3, 0.4) is 0 Å². The molecule has 5 nitrogen and oxygen atoms in total. The largest absolute Gasteiger partial charge is 0.493 e. The molecule has 0 radical (unpaired) electrons. The van der Waals surface area contributed by atoms with Crippen LogP contribution >= 0.6 is 0 Å². The molecule has 1 N–H and O–H groups in total. The summed E-state index contributed by atoms with van der Waals surface area (Å²) in [6, 6.07) is 8.11. The van der Waals surface area contributed by atoms with Crippen molar-refractivity contribution in [1.29, 1.82) is 0 Å². The van der Waals surface area contributed by atoms with Gasteiger partial charge in [-0.25, -0.2) is 0 Å². The van der Waals surface area contributed by atoms with Gasteiger partial charge in [-0.05, 0) is 42.9 Å². The maximum absolute atomic E-state index is 11.8. The number of nitrogens with one attached hydrogen (secondary N) is 1. The molecule has 1 aromatic carbocycles. The van der Waals surface area contributed by atoms with Gasteiger partial charge in [0.1, 0.15) is 5.75 Å². The number of hydrogen-bond donors (Lipinski definition) is 1. The van der Waals surface area contributed by atoms with Crippen LogP contribution < -0.4 is 10.1 Å². The zero-order valence-electron chi connectivity index (χ0n) is 14.9. The summed E-state index contributed by atoms with van der Waals surface area (Å²) < 4.78 is 10.7. The molecule has 1 aliphatic carbocycles. The molecule has 0 saturated heterocycles. The highest BCUT2D eigenvalue weighted by atomic mass is 16.5. The zero-order chi connectivity index (χ0) is 17.7. The van der Waals surface area contributed by atoms with Gasteiger partial charge < -0.3 is 14.8 Å². The van der Waals surface area contributed by atoms with Crippen LogP contribution in [0.4, 0.5) is 0 Å². The fourth-order valence-electron chi connectivity index (χ4n) is 2.16. The maximum Gasteiger partial charge on any atom is 0.310 e. The van der Waals surface area contributed by atoms with Gasteiger partial charge >= 0.3 is 5.97 Å². The molecule has 1 aromatic rings. The second kappa shape index (κ2) is 7.69. The zero-order valence-corrected chi connectivity index (χ0v) is 14.9. The summed E-state index contributed by atoms with van der Waals surface area (Å²) in [5, 5.41) is 2.81. The second-order valence-electron chi connectivity index (χ2n) is 7.29. The third-order valence-corrected chi connectivity index (χ3v) is 3.90. The predicted molar refractivity (Wildman–Crippen MR) is 92.0 cm³/mol. The van der Waals surface area contributed by atoms with Crippen molar-refractivity contribution in [2.75, 3.05) is 6.61 Å². The highest BCUT2D eigenvalue weighted by molar-refractivity contribution is 5.83. The molecule has 0 heterocycles. The Morgan fingerprint density at radius 3 is 2.38 bits per heavy atom. The summed E-state index contributed by atoms with van der Waals surface area (Å²) in [6.45, 7) is 8.27. The lowest BCUT2D eigenvalue weighted by molar-refractivity contribution is -0.155. The number of benzene rings is 1. The van der Waals surface area contributed by atoms with Crippen LogP contribution in [0.15, 0.2) is 24.3 Å². The summed E-state index contributed by atoms with van der Waals surface area (Å²) >= 11 is 0. The molecule has 1 fully saturated rings. The second-order valence-corrected chi connectivity index (χ2v) is 7.29. The van der Waals surface area contributed by atoms with Gasteiger partial charge in [0.05, 0.1) is 13.0 Å². The van der Waals surface area contributed by atoms with E-state index in [2.05, 4.69) is 26.1 Å². The number of carbonyl (C=O) groups excluding carboxylic acids is 2. The lowest BCUT2D eigenvalue weighted by Gasteiger charge is -2.19. The van der Waals surface area contributed by atoms with Crippen molar-refractivity contribution < 1.29 is 19.1 Å². The number of amides is 1. The molecule has 1 aliphatic rings. The predicted octanol–water partition coefficient (Wildman–Crippen LogP) is 2.96. The minimum Gasteiger partial charge on any atom is -0.493 e. The van der Waals surface area contributed by atoms with Crippen molar-refractivity contribution in [3.8, 4) is 5.75 Å². The molecule has 24 heavy (non-hydrogen) atoms. The maximum atomic E-state index is 11.8. The van der Waals surface area contributed by atoms with Gasteiger partial charge in [-0.15, -0.1) is 0 Å². The number of esters is 1. The van der Waals surface area contributed by atoms with Crippen LogP contribution in [0.2, 0.25) is 0 Å². The van der Waals surface area contributed by atoms with Gasteiger partial charge in [-0.3, -0.25) is 9.59 Å². The highest BCUT2D eigenvalue weighted by Crippen LogP contribution is 2.24. The molecule has 2 rings (SSSR count). The van der Waals surface area contributed by atoms with E-state index < -0.39 is 12.1 Å². The van der Waals surface area contributed by atoms with E-state index in [1.165, 1.54) is 5.56 Å². The molecule has 0 bridgehead atoms. The topological polar surface area (TPSA) is 64.6 Å². The van der Waals surface area contributed by atoms with E-state index in [-0.39, 0.29) is 30.4 Å². The smallest absolute Gasteiger partial charge is 0.310 e. The first-order chi connectivity index (χ1) is 11.3. The Balaban J connectivity index is 1.69.